The van der Waals surface area contributed by atoms with Crippen LogP contribution < -0.4 is 5.32 Å². The summed E-state index contributed by atoms with van der Waals surface area (Å²) in [6.45, 7) is 0. The molecule has 3 aromatic carbocycles. The molecule has 0 atom stereocenters. The molecular formula is C26H18F2N2O. The lowest BCUT2D eigenvalue weighted by molar-refractivity contribution is -0.111. The van der Waals surface area contributed by atoms with Gasteiger partial charge in [0.25, 0.3) is 0 Å². The van der Waals surface area contributed by atoms with E-state index in [9.17, 15) is 13.6 Å². The van der Waals surface area contributed by atoms with E-state index in [1.54, 1.807) is 48.8 Å². The molecule has 3 nitrogen and oxygen atoms in total. The van der Waals surface area contributed by atoms with E-state index < -0.39 is 11.6 Å². The SMILES string of the molecule is O=C(C=CC=C(c1cccc(F)c1)c1cccc(F)c1)Nc1cccc2cnccc12. The number of halogens is 2. The second-order valence-corrected chi connectivity index (χ2v) is 6.85. The number of benzene rings is 3. The third-order valence-corrected chi connectivity index (χ3v) is 4.72. The van der Waals surface area contributed by atoms with E-state index in [2.05, 4.69) is 10.3 Å². The van der Waals surface area contributed by atoms with Crippen molar-refractivity contribution in [3.63, 3.8) is 0 Å². The summed E-state index contributed by atoms with van der Waals surface area (Å²) in [5.74, 6) is -1.11. The number of allylic oxidation sites excluding steroid dienone is 2. The molecule has 0 aliphatic rings. The van der Waals surface area contributed by atoms with Crippen molar-refractivity contribution in [2.75, 3.05) is 5.32 Å². The summed E-state index contributed by atoms with van der Waals surface area (Å²) in [5.41, 5.74) is 2.43. The first kappa shape index (κ1) is 20.2. The number of nitrogens with zero attached hydrogens (tertiary/aromatic N) is 1. The average molecular weight is 412 g/mol. The van der Waals surface area contributed by atoms with Crippen LogP contribution >= 0.6 is 0 Å². The molecule has 1 aromatic heterocycles. The molecule has 0 saturated carbocycles. The minimum Gasteiger partial charge on any atom is -0.322 e. The molecule has 0 aliphatic carbocycles. The number of hydrogen-bond donors (Lipinski definition) is 1. The maximum Gasteiger partial charge on any atom is 0.248 e. The number of hydrogen-bond acceptors (Lipinski definition) is 2. The molecule has 5 heteroatoms. The summed E-state index contributed by atoms with van der Waals surface area (Å²) >= 11 is 0. The molecule has 0 fully saturated rings. The van der Waals surface area contributed by atoms with Crippen molar-refractivity contribution in [1.29, 1.82) is 0 Å². The van der Waals surface area contributed by atoms with Crippen LogP contribution in [0.25, 0.3) is 16.3 Å². The molecule has 1 N–H and O–H groups in total. The molecule has 0 aliphatic heterocycles. The van der Waals surface area contributed by atoms with Gasteiger partial charge < -0.3 is 5.32 Å². The first-order chi connectivity index (χ1) is 15.1. The summed E-state index contributed by atoms with van der Waals surface area (Å²) in [5, 5.41) is 4.66. The van der Waals surface area contributed by atoms with E-state index in [0.29, 0.717) is 22.4 Å². The van der Waals surface area contributed by atoms with Crippen LogP contribution in [-0.4, -0.2) is 10.9 Å². The van der Waals surface area contributed by atoms with Crippen molar-refractivity contribution in [2.45, 2.75) is 0 Å². The third-order valence-electron chi connectivity index (χ3n) is 4.72. The second kappa shape index (κ2) is 9.13. The summed E-state index contributed by atoms with van der Waals surface area (Å²) in [6.07, 6.45) is 8.00. The van der Waals surface area contributed by atoms with Gasteiger partial charge in [-0.25, -0.2) is 8.78 Å². The lowest BCUT2D eigenvalue weighted by Crippen LogP contribution is -2.08. The number of amides is 1. The Kier molecular flexibility index (Phi) is 5.94. The molecule has 0 radical (unpaired) electrons. The van der Waals surface area contributed by atoms with Gasteiger partial charge in [-0.15, -0.1) is 0 Å². The number of aromatic nitrogens is 1. The van der Waals surface area contributed by atoms with Gasteiger partial charge in [-0.2, -0.15) is 0 Å². The fourth-order valence-electron chi connectivity index (χ4n) is 3.31. The number of carbonyl (C=O) groups is 1. The van der Waals surface area contributed by atoms with Crippen molar-refractivity contribution in [2.24, 2.45) is 0 Å². The molecule has 0 unspecified atom stereocenters. The maximum atomic E-state index is 13.8. The third kappa shape index (κ3) is 4.90. The fraction of sp³-hybridized carbons (Fsp3) is 0. The predicted molar refractivity (Wildman–Crippen MR) is 119 cm³/mol. The van der Waals surface area contributed by atoms with Gasteiger partial charge in [-0.05, 0) is 53.1 Å². The summed E-state index contributed by atoms with van der Waals surface area (Å²) < 4.78 is 27.5. The monoisotopic (exact) mass is 412 g/mol. The van der Waals surface area contributed by atoms with Crippen molar-refractivity contribution in [1.82, 2.24) is 4.98 Å². The number of anilines is 1. The van der Waals surface area contributed by atoms with E-state index in [-0.39, 0.29) is 5.91 Å². The maximum absolute atomic E-state index is 13.8. The molecule has 152 valence electrons. The molecule has 31 heavy (non-hydrogen) atoms. The van der Waals surface area contributed by atoms with Crippen LogP contribution in [0.3, 0.4) is 0 Å². The van der Waals surface area contributed by atoms with Crippen molar-refractivity contribution in [3.8, 4) is 0 Å². The van der Waals surface area contributed by atoms with Crippen LogP contribution in [0, 0.1) is 11.6 Å². The highest BCUT2D eigenvalue weighted by molar-refractivity contribution is 6.06. The first-order valence-corrected chi connectivity index (χ1v) is 9.64. The van der Waals surface area contributed by atoms with Gasteiger partial charge in [-0.1, -0.05) is 48.6 Å². The van der Waals surface area contributed by atoms with Crippen molar-refractivity contribution in [3.05, 3.63) is 126 Å². The predicted octanol–water partition coefficient (Wildman–Crippen LogP) is 6.14. The number of rotatable bonds is 5. The van der Waals surface area contributed by atoms with Gasteiger partial charge in [0.1, 0.15) is 11.6 Å². The minimum atomic E-state index is -0.396. The largest absolute Gasteiger partial charge is 0.322 e. The quantitative estimate of drug-likeness (QED) is 0.316. The van der Waals surface area contributed by atoms with Crippen LogP contribution in [-0.2, 0) is 4.79 Å². The van der Waals surface area contributed by atoms with Crippen LogP contribution in [0.15, 0.2) is 103 Å². The van der Waals surface area contributed by atoms with Crippen molar-refractivity contribution < 1.29 is 13.6 Å². The normalized spacial score (nSPS) is 10.9. The highest BCUT2D eigenvalue weighted by atomic mass is 19.1. The van der Waals surface area contributed by atoms with Gasteiger partial charge in [0.05, 0.1) is 0 Å². The van der Waals surface area contributed by atoms with E-state index >= 15 is 0 Å². The topological polar surface area (TPSA) is 42.0 Å². The van der Waals surface area contributed by atoms with Crippen LogP contribution in [0.1, 0.15) is 11.1 Å². The highest BCUT2D eigenvalue weighted by Gasteiger charge is 2.07. The lowest BCUT2D eigenvalue weighted by atomic mass is 9.97. The van der Waals surface area contributed by atoms with Crippen molar-refractivity contribution >= 4 is 27.9 Å². The van der Waals surface area contributed by atoms with Crippen LogP contribution in [0.4, 0.5) is 14.5 Å². The Morgan fingerprint density at radius 2 is 1.55 bits per heavy atom. The Bertz CT molecular complexity index is 1260. The Hall–Kier alpha value is -4.12. The van der Waals surface area contributed by atoms with Crippen LogP contribution in [0.2, 0.25) is 0 Å². The fourth-order valence-corrected chi connectivity index (χ4v) is 3.31. The molecule has 0 saturated heterocycles. The van der Waals surface area contributed by atoms with E-state index in [1.165, 1.54) is 30.3 Å². The second-order valence-electron chi connectivity index (χ2n) is 6.85. The molecule has 0 spiro atoms. The smallest absolute Gasteiger partial charge is 0.248 e. The van der Waals surface area contributed by atoms with Gasteiger partial charge >= 0.3 is 0 Å². The Labute approximate surface area is 178 Å². The number of carbonyl (C=O) groups excluding carboxylic acids is 1. The van der Waals surface area contributed by atoms with Crippen LogP contribution in [0.5, 0.6) is 0 Å². The van der Waals surface area contributed by atoms with E-state index in [4.69, 9.17) is 0 Å². The molecule has 1 amide bonds. The highest BCUT2D eigenvalue weighted by Crippen LogP contribution is 2.25. The molecule has 4 aromatic rings. The molecule has 0 bridgehead atoms. The zero-order valence-electron chi connectivity index (χ0n) is 16.4. The van der Waals surface area contributed by atoms with Gasteiger partial charge in [0.15, 0.2) is 0 Å². The Morgan fingerprint density at radius 1 is 0.871 bits per heavy atom. The zero-order valence-corrected chi connectivity index (χ0v) is 16.4. The van der Waals surface area contributed by atoms with Gasteiger partial charge in [0.2, 0.25) is 5.91 Å². The summed E-state index contributed by atoms with van der Waals surface area (Å²) in [7, 11) is 0. The zero-order chi connectivity index (χ0) is 21.6. The van der Waals surface area contributed by atoms with Gasteiger partial charge in [-0.3, -0.25) is 9.78 Å². The minimum absolute atomic E-state index is 0.321. The molecular weight excluding hydrogens is 394 g/mol. The number of nitrogens with one attached hydrogen (secondary N) is 1. The summed E-state index contributed by atoms with van der Waals surface area (Å²) in [6, 6.07) is 19.5. The lowest BCUT2D eigenvalue weighted by Gasteiger charge is -2.08. The standard InChI is InChI=1S/C26H18F2N2O/c27-21-8-1-5-18(15-21)23(19-6-2-9-22(28)16-19)10-4-12-26(31)30-25-11-3-7-20-17-29-14-13-24(20)25/h1-17H,(H,30,31). The molecule has 4 rings (SSSR count). The first-order valence-electron chi connectivity index (χ1n) is 9.64. The van der Waals surface area contributed by atoms with Gasteiger partial charge in [0, 0.05) is 34.9 Å². The van der Waals surface area contributed by atoms with E-state index in [1.807, 2.05) is 24.3 Å². The number of pyridine rings is 1. The average Bonchev–Trinajstić information content (AvgIpc) is 2.77. The van der Waals surface area contributed by atoms with E-state index in [0.717, 1.165) is 10.8 Å². The Balaban J connectivity index is 1.61. The molecule has 1 heterocycles. The Morgan fingerprint density at radius 3 is 2.23 bits per heavy atom. The summed E-state index contributed by atoms with van der Waals surface area (Å²) in [4.78, 5) is 16.5. The number of fused-ring (bicyclic) bond motifs is 1.